The molecule has 0 radical (unpaired) electrons. The van der Waals surface area contributed by atoms with E-state index in [0.717, 1.165) is 5.56 Å². The zero-order valence-corrected chi connectivity index (χ0v) is 6.49. The highest BCUT2D eigenvalue weighted by Crippen LogP contribution is 2.14. The van der Waals surface area contributed by atoms with E-state index in [1.807, 2.05) is 6.92 Å². The van der Waals surface area contributed by atoms with E-state index in [-0.39, 0.29) is 0 Å². The number of nitrogens with zero attached hydrogens (tertiary/aromatic N) is 1. The lowest BCUT2D eigenvalue weighted by Crippen LogP contribution is -1.97. The molecule has 1 unspecified atom stereocenters. The van der Waals surface area contributed by atoms with Crippen molar-refractivity contribution >= 4 is 5.82 Å². The molecule has 0 bridgehead atoms. The quantitative estimate of drug-likeness (QED) is 0.667. The van der Waals surface area contributed by atoms with Crippen molar-refractivity contribution in [1.82, 2.24) is 4.98 Å². The van der Waals surface area contributed by atoms with Crippen LogP contribution >= 0.6 is 0 Å². The average molecular weight is 152 g/mol. The van der Waals surface area contributed by atoms with E-state index in [1.165, 1.54) is 0 Å². The summed E-state index contributed by atoms with van der Waals surface area (Å²) in [4.78, 5) is 3.87. The molecule has 0 spiro atoms. The van der Waals surface area contributed by atoms with Crippen LogP contribution in [0.1, 0.15) is 25.0 Å². The van der Waals surface area contributed by atoms with Crippen molar-refractivity contribution in [2.24, 2.45) is 0 Å². The van der Waals surface area contributed by atoms with Gasteiger partial charge in [-0.1, -0.05) is 13.0 Å². The molecular weight excluding hydrogens is 140 g/mol. The van der Waals surface area contributed by atoms with E-state index in [9.17, 15) is 5.11 Å². The predicted octanol–water partition coefficient (Wildman–Crippen LogP) is 1.11. The smallest absolute Gasteiger partial charge is 0.123 e. The molecular formula is C8H12N2O. The summed E-state index contributed by atoms with van der Waals surface area (Å²) in [5.41, 5.74) is 6.20. The number of aliphatic hydroxyl groups excluding tert-OH is 1. The van der Waals surface area contributed by atoms with Crippen molar-refractivity contribution in [3.05, 3.63) is 23.9 Å². The Labute approximate surface area is 65.9 Å². The summed E-state index contributed by atoms with van der Waals surface area (Å²) < 4.78 is 0. The molecule has 1 rings (SSSR count). The Morgan fingerprint density at radius 3 is 2.82 bits per heavy atom. The van der Waals surface area contributed by atoms with Crippen LogP contribution in [0.4, 0.5) is 5.82 Å². The second-order valence-electron chi connectivity index (χ2n) is 2.44. The van der Waals surface area contributed by atoms with Crippen LogP contribution in [0.3, 0.4) is 0 Å². The first-order valence-electron chi connectivity index (χ1n) is 3.63. The van der Waals surface area contributed by atoms with Crippen LogP contribution in [-0.4, -0.2) is 10.1 Å². The standard InChI is InChI=1S/C8H12N2O/c1-2-7(11)6-3-4-8(9)10-5-6/h3-5,7,11H,2H2,1H3,(H2,9,10). The maximum Gasteiger partial charge on any atom is 0.123 e. The van der Waals surface area contributed by atoms with Crippen molar-refractivity contribution in [2.75, 3.05) is 5.73 Å². The first-order valence-corrected chi connectivity index (χ1v) is 3.63. The van der Waals surface area contributed by atoms with Crippen molar-refractivity contribution in [3.63, 3.8) is 0 Å². The van der Waals surface area contributed by atoms with E-state index in [4.69, 9.17) is 5.73 Å². The Balaban J connectivity index is 2.81. The maximum absolute atomic E-state index is 9.34. The van der Waals surface area contributed by atoms with Crippen LogP contribution < -0.4 is 5.73 Å². The third kappa shape index (κ3) is 1.91. The van der Waals surface area contributed by atoms with E-state index >= 15 is 0 Å². The predicted molar refractivity (Wildman–Crippen MR) is 43.9 cm³/mol. The number of aromatic nitrogens is 1. The second-order valence-corrected chi connectivity index (χ2v) is 2.44. The number of hydrogen-bond donors (Lipinski definition) is 2. The van der Waals surface area contributed by atoms with Gasteiger partial charge < -0.3 is 10.8 Å². The van der Waals surface area contributed by atoms with Crippen LogP contribution in [-0.2, 0) is 0 Å². The highest BCUT2D eigenvalue weighted by Gasteiger charge is 2.03. The van der Waals surface area contributed by atoms with Gasteiger partial charge in [-0.15, -0.1) is 0 Å². The van der Waals surface area contributed by atoms with E-state index in [1.54, 1.807) is 18.3 Å². The minimum atomic E-state index is -0.414. The summed E-state index contributed by atoms with van der Waals surface area (Å²) in [5.74, 6) is 0.483. The van der Waals surface area contributed by atoms with Crippen LogP contribution in [0.2, 0.25) is 0 Å². The van der Waals surface area contributed by atoms with Crippen LogP contribution in [0.5, 0.6) is 0 Å². The monoisotopic (exact) mass is 152 g/mol. The van der Waals surface area contributed by atoms with Crippen molar-refractivity contribution in [3.8, 4) is 0 Å². The van der Waals surface area contributed by atoms with Gasteiger partial charge in [0.2, 0.25) is 0 Å². The number of rotatable bonds is 2. The topological polar surface area (TPSA) is 59.1 Å². The molecule has 0 saturated carbocycles. The van der Waals surface area contributed by atoms with Crippen molar-refractivity contribution in [2.45, 2.75) is 19.4 Å². The molecule has 0 fully saturated rings. The summed E-state index contributed by atoms with van der Waals surface area (Å²) in [6.07, 6.45) is 1.89. The van der Waals surface area contributed by atoms with Gasteiger partial charge >= 0.3 is 0 Å². The Hall–Kier alpha value is -1.09. The molecule has 0 aliphatic rings. The number of pyridine rings is 1. The Morgan fingerprint density at radius 2 is 2.36 bits per heavy atom. The third-order valence-electron chi connectivity index (χ3n) is 1.58. The fraction of sp³-hybridized carbons (Fsp3) is 0.375. The number of nitrogen functional groups attached to an aromatic ring is 1. The normalized spacial score (nSPS) is 12.9. The molecule has 3 nitrogen and oxygen atoms in total. The van der Waals surface area contributed by atoms with Gasteiger partial charge in [0.05, 0.1) is 6.10 Å². The van der Waals surface area contributed by atoms with Crippen LogP contribution in [0.25, 0.3) is 0 Å². The highest BCUT2D eigenvalue weighted by molar-refractivity contribution is 5.29. The van der Waals surface area contributed by atoms with Gasteiger partial charge in [0.25, 0.3) is 0 Å². The second kappa shape index (κ2) is 3.34. The molecule has 3 N–H and O–H groups in total. The lowest BCUT2D eigenvalue weighted by atomic mass is 10.1. The number of nitrogens with two attached hydrogens (primary N) is 1. The average Bonchev–Trinajstić information content (AvgIpc) is 2.05. The molecule has 0 aliphatic heterocycles. The van der Waals surface area contributed by atoms with Gasteiger partial charge in [0, 0.05) is 6.20 Å². The minimum absolute atomic E-state index is 0.414. The molecule has 0 aliphatic carbocycles. The Kier molecular flexibility index (Phi) is 2.44. The lowest BCUT2D eigenvalue weighted by molar-refractivity contribution is 0.173. The molecule has 1 aromatic rings. The van der Waals surface area contributed by atoms with Gasteiger partial charge in [-0.25, -0.2) is 4.98 Å². The van der Waals surface area contributed by atoms with E-state index in [2.05, 4.69) is 4.98 Å². The summed E-state index contributed by atoms with van der Waals surface area (Å²) in [6.45, 7) is 1.92. The molecule has 60 valence electrons. The number of aliphatic hydroxyl groups is 1. The minimum Gasteiger partial charge on any atom is -0.388 e. The molecule has 0 aromatic carbocycles. The molecule has 1 atom stereocenters. The molecule has 3 heteroatoms. The summed E-state index contributed by atoms with van der Waals surface area (Å²) in [6, 6.07) is 3.48. The molecule has 0 amide bonds. The van der Waals surface area contributed by atoms with Crippen molar-refractivity contribution < 1.29 is 5.11 Å². The third-order valence-corrected chi connectivity index (χ3v) is 1.58. The largest absolute Gasteiger partial charge is 0.388 e. The van der Waals surface area contributed by atoms with Gasteiger partial charge in [-0.2, -0.15) is 0 Å². The maximum atomic E-state index is 9.34. The SMILES string of the molecule is CCC(O)c1ccc(N)nc1. The van der Waals surface area contributed by atoms with E-state index < -0.39 is 6.10 Å². The van der Waals surface area contributed by atoms with Gasteiger partial charge in [0.15, 0.2) is 0 Å². The summed E-state index contributed by atoms with van der Waals surface area (Å²) >= 11 is 0. The fourth-order valence-corrected chi connectivity index (χ4v) is 0.850. The molecule has 1 heterocycles. The van der Waals surface area contributed by atoms with Gasteiger partial charge in [-0.05, 0) is 18.1 Å². The van der Waals surface area contributed by atoms with Crippen molar-refractivity contribution in [1.29, 1.82) is 0 Å². The van der Waals surface area contributed by atoms with Gasteiger partial charge in [-0.3, -0.25) is 0 Å². The zero-order chi connectivity index (χ0) is 8.27. The molecule has 0 saturated heterocycles. The first kappa shape index (κ1) is 8.01. The van der Waals surface area contributed by atoms with E-state index in [0.29, 0.717) is 12.2 Å². The fourth-order valence-electron chi connectivity index (χ4n) is 0.850. The summed E-state index contributed by atoms with van der Waals surface area (Å²) in [7, 11) is 0. The highest BCUT2D eigenvalue weighted by atomic mass is 16.3. The zero-order valence-electron chi connectivity index (χ0n) is 6.49. The molecule has 11 heavy (non-hydrogen) atoms. The lowest BCUT2D eigenvalue weighted by Gasteiger charge is -2.06. The number of hydrogen-bond acceptors (Lipinski definition) is 3. The van der Waals surface area contributed by atoms with Gasteiger partial charge in [0.1, 0.15) is 5.82 Å². The van der Waals surface area contributed by atoms with Crippen LogP contribution in [0.15, 0.2) is 18.3 Å². The first-order chi connectivity index (χ1) is 5.24. The van der Waals surface area contributed by atoms with Crippen LogP contribution in [0, 0.1) is 0 Å². The molecule has 1 aromatic heterocycles. The Morgan fingerprint density at radius 1 is 1.64 bits per heavy atom. The Bertz CT molecular complexity index is 220. The summed E-state index contributed by atoms with van der Waals surface area (Å²) in [5, 5.41) is 9.34. The number of anilines is 1.